The second-order valence-corrected chi connectivity index (χ2v) is 5.91. The number of rotatable bonds is 2. The van der Waals surface area contributed by atoms with E-state index in [-0.39, 0.29) is 11.9 Å². The number of carbonyl (C=O) groups excluding carboxylic acids is 2. The largest absolute Gasteiger partial charge is 0.467 e. The second-order valence-electron chi connectivity index (χ2n) is 4.99. The number of piperidine rings is 1. The first-order valence-electron chi connectivity index (χ1n) is 6.69. The predicted octanol–water partition coefficient (Wildman–Crippen LogP) is 2.93. The molecule has 2 rings (SSSR count). The van der Waals surface area contributed by atoms with Gasteiger partial charge in [0.1, 0.15) is 6.04 Å². The van der Waals surface area contributed by atoms with Crippen LogP contribution in [0.3, 0.4) is 0 Å². The number of nitrogens with zero attached hydrogens (tertiary/aromatic N) is 1. The number of likely N-dealkylation sites (tertiary alicyclic amines) is 1. The summed E-state index contributed by atoms with van der Waals surface area (Å²) in [6, 6.07) is 5.15. The molecule has 1 heterocycles. The molecule has 1 aliphatic heterocycles. The van der Waals surface area contributed by atoms with Gasteiger partial charge in [0.2, 0.25) is 0 Å². The van der Waals surface area contributed by atoms with E-state index in [1.165, 1.54) is 7.11 Å². The van der Waals surface area contributed by atoms with E-state index < -0.39 is 6.04 Å². The average Bonchev–Trinajstić information content (AvgIpc) is 2.48. The van der Waals surface area contributed by atoms with E-state index in [4.69, 9.17) is 4.74 Å². The number of aryl methyl sites for hydroxylation is 1. The van der Waals surface area contributed by atoms with E-state index >= 15 is 0 Å². The van der Waals surface area contributed by atoms with Gasteiger partial charge in [-0.2, -0.15) is 0 Å². The maximum absolute atomic E-state index is 12.7. The molecule has 0 saturated carbocycles. The predicted molar refractivity (Wildman–Crippen MR) is 79.6 cm³/mol. The highest BCUT2D eigenvalue weighted by atomic mass is 79.9. The molecular formula is C15H18BrNO3. The molecule has 1 aromatic rings. The van der Waals surface area contributed by atoms with Crippen LogP contribution in [0.2, 0.25) is 0 Å². The summed E-state index contributed by atoms with van der Waals surface area (Å²) in [6.07, 6.45) is 2.54. The second kappa shape index (κ2) is 6.39. The van der Waals surface area contributed by atoms with Crippen molar-refractivity contribution in [1.82, 2.24) is 4.90 Å². The maximum Gasteiger partial charge on any atom is 0.328 e. The van der Waals surface area contributed by atoms with Crippen LogP contribution in [0.25, 0.3) is 0 Å². The summed E-state index contributed by atoms with van der Waals surface area (Å²) in [5.74, 6) is -0.426. The molecule has 108 valence electrons. The first-order chi connectivity index (χ1) is 9.54. The zero-order valence-electron chi connectivity index (χ0n) is 11.7. The van der Waals surface area contributed by atoms with Crippen molar-refractivity contribution < 1.29 is 14.3 Å². The number of benzene rings is 1. The molecule has 1 amide bonds. The Morgan fingerprint density at radius 1 is 1.35 bits per heavy atom. The number of methoxy groups -OCH3 is 1. The average molecular weight is 340 g/mol. The van der Waals surface area contributed by atoms with E-state index in [1.54, 1.807) is 11.0 Å². The Morgan fingerprint density at radius 3 is 2.80 bits per heavy atom. The fraction of sp³-hybridized carbons (Fsp3) is 0.467. The summed E-state index contributed by atoms with van der Waals surface area (Å²) in [5.41, 5.74) is 1.54. The van der Waals surface area contributed by atoms with Gasteiger partial charge in [-0.3, -0.25) is 4.79 Å². The maximum atomic E-state index is 12.7. The third-order valence-corrected chi connectivity index (χ3v) is 4.16. The number of hydrogen-bond donors (Lipinski definition) is 0. The lowest BCUT2D eigenvalue weighted by Crippen LogP contribution is -2.48. The van der Waals surface area contributed by atoms with Crippen molar-refractivity contribution in [1.29, 1.82) is 0 Å². The van der Waals surface area contributed by atoms with Crippen LogP contribution in [0.4, 0.5) is 0 Å². The number of esters is 1. The van der Waals surface area contributed by atoms with Crippen LogP contribution in [-0.2, 0) is 9.53 Å². The van der Waals surface area contributed by atoms with Crippen molar-refractivity contribution >= 4 is 27.8 Å². The number of hydrogen-bond acceptors (Lipinski definition) is 3. The summed E-state index contributed by atoms with van der Waals surface area (Å²) in [6.45, 7) is 2.50. The van der Waals surface area contributed by atoms with Gasteiger partial charge in [0.25, 0.3) is 5.91 Å². The summed E-state index contributed by atoms with van der Waals surface area (Å²) in [4.78, 5) is 26.2. The molecule has 0 aromatic heterocycles. The lowest BCUT2D eigenvalue weighted by molar-refractivity contribution is -0.147. The van der Waals surface area contributed by atoms with Crippen LogP contribution >= 0.6 is 15.9 Å². The van der Waals surface area contributed by atoms with E-state index in [9.17, 15) is 9.59 Å². The lowest BCUT2D eigenvalue weighted by Gasteiger charge is -2.34. The first-order valence-corrected chi connectivity index (χ1v) is 7.49. The standard InChI is InChI=1S/C15H18BrNO3/c1-10-6-7-11(16)9-12(10)14(18)17-8-4-3-5-13(17)15(19)20-2/h6-7,9,13H,3-5,8H2,1-2H3/t13-/m1/s1. The van der Waals surface area contributed by atoms with Crippen LogP contribution in [0.15, 0.2) is 22.7 Å². The number of halogens is 1. The van der Waals surface area contributed by atoms with Crippen LogP contribution in [0.1, 0.15) is 35.2 Å². The van der Waals surface area contributed by atoms with Crippen molar-refractivity contribution in [3.05, 3.63) is 33.8 Å². The first kappa shape index (κ1) is 15.0. The smallest absolute Gasteiger partial charge is 0.328 e. The Hall–Kier alpha value is -1.36. The van der Waals surface area contributed by atoms with E-state index in [2.05, 4.69) is 15.9 Å². The molecule has 0 aliphatic carbocycles. The van der Waals surface area contributed by atoms with Gasteiger partial charge in [-0.05, 0) is 43.9 Å². The van der Waals surface area contributed by atoms with Crippen molar-refractivity contribution in [2.75, 3.05) is 13.7 Å². The molecule has 1 aromatic carbocycles. The molecule has 4 nitrogen and oxygen atoms in total. The molecule has 20 heavy (non-hydrogen) atoms. The van der Waals surface area contributed by atoms with Crippen LogP contribution in [0, 0.1) is 6.92 Å². The molecule has 1 atom stereocenters. The molecule has 0 spiro atoms. The Bertz CT molecular complexity index is 530. The topological polar surface area (TPSA) is 46.6 Å². The Morgan fingerprint density at radius 2 is 2.10 bits per heavy atom. The third-order valence-electron chi connectivity index (χ3n) is 3.67. The number of amides is 1. The Balaban J connectivity index is 2.30. The quantitative estimate of drug-likeness (QED) is 0.778. The fourth-order valence-corrected chi connectivity index (χ4v) is 2.90. The number of ether oxygens (including phenoxy) is 1. The molecule has 0 N–H and O–H groups in total. The van der Waals surface area contributed by atoms with Crippen molar-refractivity contribution in [3.63, 3.8) is 0 Å². The van der Waals surface area contributed by atoms with Gasteiger partial charge in [-0.1, -0.05) is 22.0 Å². The minimum atomic E-state index is -0.459. The van der Waals surface area contributed by atoms with Gasteiger partial charge in [-0.15, -0.1) is 0 Å². The zero-order chi connectivity index (χ0) is 14.7. The van der Waals surface area contributed by atoms with Crippen LogP contribution < -0.4 is 0 Å². The van der Waals surface area contributed by atoms with Gasteiger partial charge in [0.15, 0.2) is 0 Å². The highest BCUT2D eigenvalue weighted by molar-refractivity contribution is 9.10. The molecule has 0 unspecified atom stereocenters. The highest BCUT2D eigenvalue weighted by Gasteiger charge is 2.33. The Kier molecular flexibility index (Phi) is 4.81. The van der Waals surface area contributed by atoms with Gasteiger partial charge >= 0.3 is 5.97 Å². The van der Waals surface area contributed by atoms with E-state index in [0.29, 0.717) is 18.5 Å². The molecule has 1 saturated heterocycles. The minimum absolute atomic E-state index is 0.0982. The van der Waals surface area contributed by atoms with Gasteiger partial charge in [0.05, 0.1) is 7.11 Å². The minimum Gasteiger partial charge on any atom is -0.467 e. The summed E-state index contributed by atoms with van der Waals surface area (Å²) in [5, 5.41) is 0. The van der Waals surface area contributed by atoms with E-state index in [0.717, 1.165) is 22.9 Å². The van der Waals surface area contributed by atoms with Gasteiger partial charge in [-0.25, -0.2) is 4.79 Å². The third kappa shape index (κ3) is 3.03. The van der Waals surface area contributed by atoms with Crippen LogP contribution in [-0.4, -0.2) is 36.5 Å². The molecule has 1 fully saturated rings. The molecule has 1 aliphatic rings. The van der Waals surface area contributed by atoms with E-state index in [1.807, 2.05) is 19.1 Å². The molecule has 0 bridgehead atoms. The van der Waals surface area contributed by atoms with Crippen molar-refractivity contribution in [2.24, 2.45) is 0 Å². The van der Waals surface area contributed by atoms with Crippen LogP contribution in [0.5, 0.6) is 0 Å². The normalized spacial score (nSPS) is 18.8. The zero-order valence-corrected chi connectivity index (χ0v) is 13.3. The monoisotopic (exact) mass is 339 g/mol. The lowest BCUT2D eigenvalue weighted by atomic mass is 9.99. The molecular weight excluding hydrogens is 322 g/mol. The highest BCUT2D eigenvalue weighted by Crippen LogP contribution is 2.23. The summed E-state index contributed by atoms with van der Waals surface area (Å²) >= 11 is 3.38. The van der Waals surface area contributed by atoms with Gasteiger partial charge in [0, 0.05) is 16.6 Å². The van der Waals surface area contributed by atoms with Gasteiger partial charge < -0.3 is 9.64 Å². The fourth-order valence-electron chi connectivity index (χ4n) is 2.54. The van der Waals surface area contributed by atoms with Crippen molar-refractivity contribution in [3.8, 4) is 0 Å². The SMILES string of the molecule is COC(=O)[C@H]1CCCCN1C(=O)c1cc(Br)ccc1C. The summed E-state index contributed by atoms with van der Waals surface area (Å²) < 4.78 is 5.68. The summed E-state index contributed by atoms with van der Waals surface area (Å²) in [7, 11) is 1.37. The molecule has 5 heteroatoms. The number of carbonyl (C=O) groups is 2. The Labute approximate surface area is 127 Å². The molecule has 0 radical (unpaired) electrons. The van der Waals surface area contributed by atoms with Crippen molar-refractivity contribution in [2.45, 2.75) is 32.2 Å².